The van der Waals surface area contributed by atoms with Gasteiger partial charge in [0, 0.05) is 19.6 Å². The minimum absolute atomic E-state index is 0.133. The van der Waals surface area contributed by atoms with Crippen LogP contribution in [0.2, 0.25) is 0 Å². The molecule has 1 aliphatic rings. The Morgan fingerprint density at radius 3 is 2.82 bits per heavy atom. The van der Waals surface area contributed by atoms with Crippen LogP contribution in [-0.2, 0) is 13.1 Å². The van der Waals surface area contributed by atoms with Crippen LogP contribution in [0.1, 0.15) is 28.7 Å². The van der Waals surface area contributed by atoms with Crippen molar-refractivity contribution in [3.63, 3.8) is 0 Å². The summed E-state index contributed by atoms with van der Waals surface area (Å²) < 4.78 is 1.80. The lowest BCUT2D eigenvalue weighted by Gasteiger charge is -2.27. The molecule has 1 aromatic carbocycles. The van der Waals surface area contributed by atoms with Crippen molar-refractivity contribution in [3.8, 4) is 0 Å². The molecule has 1 aromatic heterocycles. The summed E-state index contributed by atoms with van der Waals surface area (Å²) in [5.41, 5.74) is 3.59. The van der Waals surface area contributed by atoms with Crippen LogP contribution in [-0.4, -0.2) is 38.8 Å². The zero-order chi connectivity index (χ0) is 15.5. The number of carboxylic acid groups (broad SMARTS) is 1. The third kappa shape index (κ3) is 3.26. The molecule has 0 bridgehead atoms. The molecular formula is C17H19N3O2. The Morgan fingerprint density at radius 2 is 2.09 bits per heavy atom. The van der Waals surface area contributed by atoms with E-state index in [-0.39, 0.29) is 5.69 Å². The number of nitrogens with zero attached hydrogens (tertiary/aromatic N) is 3. The van der Waals surface area contributed by atoms with Crippen molar-refractivity contribution in [3.05, 3.63) is 58.9 Å². The summed E-state index contributed by atoms with van der Waals surface area (Å²) in [6.45, 7) is 5.36. The summed E-state index contributed by atoms with van der Waals surface area (Å²) in [5, 5.41) is 13.1. The maximum absolute atomic E-state index is 11.0. The summed E-state index contributed by atoms with van der Waals surface area (Å²) in [5.74, 6) is -0.964. The van der Waals surface area contributed by atoms with Gasteiger partial charge in [-0.2, -0.15) is 5.10 Å². The Bertz CT molecular complexity index is 704. The summed E-state index contributed by atoms with van der Waals surface area (Å²) in [6, 6.07) is 11.9. The number of carboxylic acids is 1. The van der Waals surface area contributed by atoms with Crippen molar-refractivity contribution in [2.24, 2.45) is 0 Å². The predicted octanol–water partition coefficient (Wildman–Crippen LogP) is 2.50. The van der Waals surface area contributed by atoms with Crippen molar-refractivity contribution in [1.82, 2.24) is 14.7 Å². The van der Waals surface area contributed by atoms with E-state index in [1.165, 1.54) is 11.1 Å². The smallest absolute Gasteiger partial charge is 0.356 e. The van der Waals surface area contributed by atoms with Gasteiger partial charge in [-0.3, -0.25) is 9.58 Å². The van der Waals surface area contributed by atoms with Crippen LogP contribution in [0, 0.1) is 0 Å². The Kier molecular flexibility index (Phi) is 4.06. The number of rotatable bonds is 4. The number of hydrogen-bond donors (Lipinski definition) is 1. The largest absolute Gasteiger partial charge is 0.476 e. The normalized spacial score (nSPS) is 15.6. The molecule has 0 atom stereocenters. The van der Waals surface area contributed by atoms with Gasteiger partial charge in [0.25, 0.3) is 0 Å². The zero-order valence-corrected chi connectivity index (χ0v) is 12.6. The molecule has 2 aromatic rings. The minimum Gasteiger partial charge on any atom is -0.476 e. The fourth-order valence-corrected chi connectivity index (χ4v) is 2.79. The number of aromatic carboxylic acids is 1. The van der Waals surface area contributed by atoms with Gasteiger partial charge in [0.1, 0.15) is 0 Å². The summed E-state index contributed by atoms with van der Waals surface area (Å²) >= 11 is 0. The molecule has 0 radical (unpaired) electrons. The van der Waals surface area contributed by atoms with E-state index in [1.54, 1.807) is 10.7 Å². The van der Waals surface area contributed by atoms with E-state index in [2.05, 4.69) is 35.1 Å². The number of benzene rings is 1. The van der Waals surface area contributed by atoms with Gasteiger partial charge in [-0.05, 0) is 18.6 Å². The van der Waals surface area contributed by atoms with E-state index >= 15 is 0 Å². The first-order chi connectivity index (χ1) is 10.6. The molecule has 22 heavy (non-hydrogen) atoms. The number of fused-ring (bicyclic) bond motifs is 1. The van der Waals surface area contributed by atoms with Gasteiger partial charge in [0.05, 0.1) is 12.2 Å². The molecule has 2 heterocycles. The summed E-state index contributed by atoms with van der Waals surface area (Å²) in [6.07, 6.45) is 2.19. The van der Waals surface area contributed by atoms with E-state index in [1.807, 2.05) is 18.2 Å². The standard InChI is InChI=1S/C17H19N3O2/c1-13(9-14-5-3-2-4-6-14)11-19-7-8-20-15(12-19)10-16(18-20)17(21)22/h2-6,9-10H,7-8,11-12H2,1H3,(H,21,22)/b13-9+. The number of carbonyl (C=O) groups is 1. The second-order valence-corrected chi connectivity index (χ2v) is 5.66. The highest BCUT2D eigenvalue weighted by molar-refractivity contribution is 5.85. The lowest BCUT2D eigenvalue weighted by atomic mass is 10.1. The molecule has 0 amide bonds. The molecule has 0 fully saturated rings. The van der Waals surface area contributed by atoms with E-state index in [9.17, 15) is 4.79 Å². The second kappa shape index (κ2) is 6.15. The monoisotopic (exact) mass is 297 g/mol. The molecule has 1 aliphatic heterocycles. The number of hydrogen-bond acceptors (Lipinski definition) is 3. The first kappa shape index (κ1) is 14.5. The Morgan fingerprint density at radius 1 is 1.32 bits per heavy atom. The molecule has 1 N–H and O–H groups in total. The highest BCUT2D eigenvalue weighted by Gasteiger charge is 2.20. The lowest BCUT2D eigenvalue weighted by Crippen LogP contribution is -2.34. The third-order valence-electron chi connectivity index (χ3n) is 3.78. The van der Waals surface area contributed by atoms with Crippen molar-refractivity contribution in [2.75, 3.05) is 13.1 Å². The quantitative estimate of drug-likeness (QED) is 0.942. The topological polar surface area (TPSA) is 58.4 Å². The molecule has 0 saturated carbocycles. The minimum atomic E-state index is -0.964. The van der Waals surface area contributed by atoms with Gasteiger partial charge in [0.2, 0.25) is 0 Å². The molecule has 5 nitrogen and oxygen atoms in total. The van der Waals surface area contributed by atoms with Crippen molar-refractivity contribution in [2.45, 2.75) is 20.0 Å². The van der Waals surface area contributed by atoms with Crippen LogP contribution in [0.15, 0.2) is 42.0 Å². The van der Waals surface area contributed by atoms with E-state index in [0.29, 0.717) is 0 Å². The van der Waals surface area contributed by atoms with Gasteiger partial charge in [-0.15, -0.1) is 0 Å². The van der Waals surface area contributed by atoms with E-state index in [4.69, 9.17) is 5.11 Å². The lowest BCUT2D eigenvalue weighted by molar-refractivity contribution is 0.0689. The Hall–Kier alpha value is -2.40. The Labute approximate surface area is 129 Å². The fraction of sp³-hybridized carbons (Fsp3) is 0.294. The van der Waals surface area contributed by atoms with Gasteiger partial charge in [-0.25, -0.2) is 4.79 Å². The van der Waals surface area contributed by atoms with Crippen molar-refractivity contribution < 1.29 is 9.90 Å². The average molecular weight is 297 g/mol. The molecule has 0 saturated heterocycles. The Balaban J connectivity index is 1.67. The predicted molar refractivity (Wildman–Crippen MR) is 84.6 cm³/mol. The molecule has 0 unspecified atom stereocenters. The van der Waals surface area contributed by atoms with Crippen LogP contribution in [0.4, 0.5) is 0 Å². The number of aromatic nitrogens is 2. The highest BCUT2D eigenvalue weighted by Crippen LogP contribution is 2.16. The van der Waals surface area contributed by atoms with Crippen LogP contribution < -0.4 is 0 Å². The zero-order valence-electron chi connectivity index (χ0n) is 12.6. The van der Waals surface area contributed by atoms with Crippen molar-refractivity contribution >= 4 is 12.0 Å². The first-order valence-electron chi connectivity index (χ1n) is 7.36. The average Bonchev–Trinajstić information content (AvgIpc) is 2.91. The third-order valence-corrected chi connectivity index (χ3v) is 3.78. The summed E-state index contributed by atoms with van der Waals surface area (Å²) in [4.78, 5) is 13.3. The van der Waals surface area contributed by atoms with Gasteiger partial charge in [0.15, 0.2) is 5.69 Å². The van der Waals surface area contributed by atoms with Crippen LogP contribution in [0.3, 0.4) is 0 Å². The van der Waals surface area contributed by atoms with Crippen molar-refractivity contribution in [1.29, 1.82) is 0 Å². The second-order valence-electron chi connectivity index (χ2n) is 5.66. The van der Waals surface area contributed by atoms with Gasteiger partial charge in [-0.1, -0.05) is 42.0 Å². The highest BCUT2D eigenvalue weighted by atomic mass is 16.4. The molecule has 0 aliphatic carbocycles. The summed E-state index contributed by atoms with van der Waals surface area (Å²) in [7, 11) is 0. The van der Waals surface area contributed by atoms with Crippen LogP contribution in [0.25, 0.3) is 6.08 Å². The van der Waals surface area contributed by atoms with Crippen LogP contribution >= 0.6 is 0 Å². The first-order valence-corrected chi connectivity index (χ1v) is 7.36. The SMILES string of the molecule is C/C(=C\c1ccccc1)CN1CCn2nc(C(=O)O)cc2C1. The van der Waals surface area contributed by atoms with E-state index in [0.717, 1.165) is 31.9 Å². The molecule has 0 spiro atoms. The van der Waals surface area contributed by atoms with Crippen LogP contribution in [0.5, 0.6) is 0 Å². The fourth-order valence-electron chi connectivity index (χ4n) is 2.79. The van der Waals surface area contributed by atoms with Gasteiger partial charge < -0.3 is 5.11 Å². The maximum Gasteiger partial charge on any atom is 0.356 e. The van der Waals surface area contributed by atoms with Gasteiger partial charge >= 0.3 is 5.97 Å². The maximum atomic E-state index is 11.0. The molecule has 5 heteroatoms. The van der Waals surface area contributed by atoms with E-state index < -0.39 is 5.97 Å². The molecule has 114 valence electrons. The molecule has 3 rings (SSSR count). The molecular weight excluding hydrogens is 278 g/mol.